The van der Waals surface area contributed by atoms with Crippen LogP contribution in [0.2, 0.25) is 0 Å². The largest absolute Gasteiger partial charge is 0.462 e. The third kappa shape index (κ3) is 4.07. The van der Waals surface area contributed by atoms with Gasteiger partial charge in [-0.15, -0.1) is 0 Å². The summed E-state index contributed by atoms with van der Waals surface area (Å²) < 4.78 is 10.4. The topological polar surface area (TPSA) is 86.5 Å². The Morgan fingerprint density at radius 2 is 2.24 bits per heavy atom. The molecule has 1 fully saturated rings. The quantitative estimate of drug-likeness (QED) is 0.808. The Bertz CT molecular complexity index is 499. The Labute approximate surface area is 125 Å². The van der Waals surface area contributed by atoms with Crippen LogP contribution < -0.4 is 11.1 Å². The van der Waals surface area contributed by atoms with Crippen molar-refractivity contribution in [2.24, 2.45) is 5.41 Å². The molecule has 2 heterocycles. The maximum Gasteiger partial charge on any atom is 0.341 e. The Hall–Kier alpha value is -1.82. The van der Waals surface area contributed by atoms with E-state index in [1.54, 1.807) is 13.0 Å². The number of nitrogens with zero attached hydrogens (tertiary/aromatic N) is 1. The molecular weight excluding hydrogens is 270 g/mol. The van der Waals surface area contributed by atoms with Gasteiger partial charge in [0.1, 0.15) is 11.4 Å². The number of carbonyl (C=O) groups is 1. The molecule has 1 aromatic heterocycles. The molecule has 3 N–H and O–H groups in total. The van der Waals surface area contributed by atoms with E-state index in [1.807, 2.05) is 0 Å². The lowest BCUT2D eigenvalue weighted by atomic mass is 9.82. The first-order valence-corrected chi connectivity index (χ1v) is 7.28. The normalized spacial score (nSPS) is 17.2. The Kier molecular flexibility index (Phi) is 5.01. The van der Waals surface area contributed by atoms with Crippen molar-refractivity contribution >= 4 is 17.5 Å². The molecule has 0 bridgehead atoms. The summed E-state index contributed by atoms with van der Waals surface area (Å²) in [6, 6.07) is 1.60. The lowest BCUT2D eigenvalue weighted by molar-refractivity contribution is 0.0299. The molecule has 0 amide bonds. The molecular formula is C15H23N3O3. The van der Waals surface area contributed by atoms with E-state index in [0.717, 1.165) is 32.6 Å². The summed E-state index contributed by atoms with van der Waals surface area (Å²) in [5.41, 5.74) is 6.69. The monoisotopic (exact) mass is 293 g/mol. The molecule has 2 rings (SSSR count). The zero-order valence-corrected chi connectivity index (χ0v) is 12.6. The van der Waals surface area contributed by atoms with Crippen LogP contribution in [0.4, 0.5) is 11.5 Å². The van der Waals surface area contributed by atoms with Crippen molar-refractivity contribution in [1.29, 1.82) is 0 Å². The molecule has 1 saturated heterocycles. The number of hydrogen-bond acceptors (Lipinski definition) is 6. The maximum absolute atomic E-state index is 12.0. The number of pyridine rings is 1. The molecule has 0 radical (unpaired) electrons. The van der Waals surface area contributed by atoms with E-state index in [9.17, 15) is 4.79 Å². The lowest BCUT2D eigenvalue weighted by Gasteiger charge is -2.33. The van der Waals surface area contributed by atoms with Crippen molar-refractivity contribution in [3.8, 4) is 0 Å². The van der Waals surface area contributed by atoms with E-state index in [2.05, 4.69) is 17.2 Å². The lowest BCUT2D eigenvalue weighted by Crippen LogP contribution is -2.33. The number of aromatic nitrogens is 1. The number of nitrogens with two attached hydrogens (primary N) is 1. The molecule has 0 unspecified atom stereocenters. The Morgan fingerprint density at radius 3 is 2.90 bits per heavy atom. The van der Waals surface area contributed by atoms with E-state index < -0.39 is 5.97 Å². The molecule has 0 aromatic carbocycles. The van der Waals surface area contributed by atoms with Gasteiger partial charge in [-0.25, -0.2) is 9.78 Å². The van der Waals surface area contributed by atoms with Gasteiger partial charge >= 0.3 is 5.97 Å². The number of nitrogen functional groups attached to an aromatic ring is 1. The predicted molar refractivity (Wildman–Crippen MR) is 81.3 cm³/mol. The standard InChI is InChI=1S/C15H23N3O3/c1-3-21-14(19)12-8-11(16)9-17-13(12)18-10-15(2)4-6-20-7-5-15/h8-9H,3-7,10,16H2,1-2H3,(H,17,18). The summed E-state index contributed by atoms with van der Waals surface area (Å²) in [5, 5.41) is 3.27. The van der Waals surface area contributed by atoms with Crippen molar-refractivity contribution in [2.75, 3.05) is 37.4 Å². The van der Waals surface area contributed by atoms with Crippen LogP contribution in [-0.4, -0.2) is 37.3 Å². The molecule has 0 atom stereocenters. The minimum absolute atomic E-state index is 0.146. The third-order valence-electron chi connectivity index (χ3n) is 3.79. The number of ether oxygens (including phenoxy) is 2. The molecule has 116 valence electrons. The van der Waals surface area contributed by atoms with E-state index >= 15 is 0 Å². The molecule has 6 heteroatoms. The second-order valence-electron chi connectivity index (χ2n) is 5.66. The number of anilines is 2. The maximum atomic E-state index is 12.0. The van der Waals surface area contributed by atoms with Gasteiger partial charge in [-0.1, -0.05) is 6.92 Å². The van der Waals surface area contributed by atoms with Gasteiger partial charge in [-0.05, 0) is 31.2 Å². The van der Waals surface area contributed by atoms with Gasteiger partial charge in [0.05, 0.1) is 18.5 Å². The number of rotatable bonds is 5. The van der Waals surface area contributed by atoms with E-state index in [4.69, 9.17) is 15.2 Å². The van der Waals surface area contributed by atoms with Crippen molar-refractivity contribution in [3.05, 3.63) is 17.8 Å². The highest BCUT2D eigenvalue weighted by atomic mass is 16.5. The second-order valence-corrected chi connectivity index (χ2v) is 5.66. The zero-order valence-electron chi connectivity index (χ0n) is 12.6. The number of nitrogens with one attached hydrogen (secondary N) is 1. The summed E-state index contributed by atoms with van der Waals surface area (Å²) >= 11 is 0. The highest BCUT2D eigenvalue weighted by Crippen LogP contribution is 2.30. The smallest absolute Gasteiger partial charge is 0.341 e. The fourth-order valence-corrected chi connectivity index (χ4v) is 2.32. The minimum atomic E-state index is -0.406. The fraction of sp³-hybridized carbons (Fsp3) is 0.600. The average molecular weight is 293 g/mol. The van der Waals surface area contributed by atoms with Gasteiger partial charge in [0.2, 0.25) is 0 Å². The van der Waals surface area contributed by atoms with Gasteiger partial charge < -0.3 is 20.5 Å². The molecule has 1 aromatic rings. The molecule has 0 spiro atoms. The van der Waals surface area contributed by atoms with E-state index in [-0.39, 0.29) is 5.41 Å². The van der Waals surface area contributed by atoms with Gasteiger partial charge in [0, 0.05) is 19.8 Å². The van der Waals surface area contributed by atoms with Crippen LogP contribution in [0, 0.1) is 5.41 Å². The molecule has 1 aliphatic rings. The van der Waals surface area contributed by atoms with Crippen molar-refractivity contribution < 1.29 is 14.3 Å². The van der Waals surface area contributed by atoms with Crippen LogP contribution in [-0.2, 0) is 9.47 Å². The van der Waals surface area contributed by atoms with Crippen LogP contribution in [0.5, 0.6) is 0 Å². The Balaban J connectivity index is 2.10. The average Bonchev–Trinajstić information content (AvgIpc) is 2.47. The fourth-order valence-electron chi connectivity index (χ4n) is 2.32. The molecule has 1 aliphatic heterocycles. The van der Waals surface area contributed by atoms with Crippen LogP contribution >= 0.6 is 0 Å². The van der Waals surface area contributed by atoms with E-state index in [1.165, 1.54) is 6.20 Å². The summed E-state index contributed by atoms with van der Waals surface area (Å²) in [7, 11) is 0. The first kappa shape index (κ1) is 15.6. The first-order valence-electron chi connectivity index (χ1n) is 7.28. The molecule has 21 heavy (non-hydrogen) atoms. The highest BCUT2D eigenvalue weighted by Gasteiger charge is 2.28. The summed E-state index contributed by atoms with van der Waals surface area (Å²) in [4.78, 5) is 16.2. The van der Waals surface area contributed by atoms with Crippen molar-refractivity contribution in [2.45, 2.75) is 26.7 Å². The van der Waals surface area contributed by atoms with Gasteiger partial charge in [0.15, 0.2) is 0 Å². The Morgan fingerprint density at radius 1 is 1.52 bits per heavy atom. The van der Waals surface area contributed by atoms with Crippen molar-refractivity contribution in [1.82, 2.24) is 4.98 Å². The van der Waals surface area contributed by atoms with Crippen LogP contribution in [0.25, 0.3) is 0 Å². The van der Waals surface area contributed by atoms with Crippen LogP contribution in [0.15, 0.2) is 12.3 Å². The van der Waals surface area contributed by atoms with E-state index in [0.29, 0.717) is 23.7 Å². The summed E-state index contributed by atoms with van der Waals surface area (Å²) in [5.74, 6) is 0.118. The predicted octanol–water partition coefficient (Wildman–Crippen LogP) is 2.07. The highest BCUT2D eigenvalue weighted by molar-refractivity contribution is 5.95. The molecule has 0 saturated carbocycles. The number of esters is 1. The SMILES string of the molecule is CCOC(=O)c1cc(N)cnc1NCC1(C)CCOCC1. The number of hydrogen-bond donors (Lipinski definition) is 2. The van der Waals surface area contributed by atoms with Crippen LogP contribution in [0.3, 0.4) is 0 Å². The van der Waals surface area contributed by atoms with Crippen LogP contribution in [0.1, 0.15) is 37.0 Å². The summed E-state index contributed by atoms with van der Waals surface area (Å²) in [6.45, 7) is 6.59. The van der Waals surface area contributed by atoms with Gasteiger partial charge in [-0.2, -0.15) is 0 Å². The number of carbonyl (C=O) groups excluding carboxylic acids is 1. The van der Waals surface area contributed by atoms with Crippen molar-refractivity contribution in [3.63, 3.8) is 0 Å². The first-order chi connectivity index (χ1) is 10.0. The second kappa shape index (κ2) is 6.76. The molecule has 6 nitrogen and oxygen atoms in total. The molecule has 0 aliphatic carbocycles. The summed E-state index contributed by atoms with van der Waals surface area (Å²) in [6.07, 6.45) is 3.52. The minimum Gasteiger partial charge on any atom is -0.462 e. The zero-order chi connectivity index (χ0) is 15.3. The van der Waals surface area contributed by atoms with Gasteiger partial charge in [0.25, 0.3) is 0 Å². The van der Waals surface area contributed by atoms with Gasteiger partial charge in [-0.3, -0.25) is 0 Å². The third-order valence-corrected chi connectivity index (χ3v) is 3.79.